The van der Waals surface area contributed by atoms with E-state index >= 15 is 0 Å². The van der Waals surface area contributed by atoms with E-state index in [-0.39, 0.29) is 0 Å². The predicted molar refractivity (Wildman–Crippen MR) is 75.1 cm³/mol. The van der Waals surface area contributed by atoms with E-state index in [2.05, 4.69) is 28.3 Å². The molecule has 1 fully saturated rings. The van der Waals surface area contributed by atoms with E-state index in [1.807, 2.05) is 18.5 Å². The fourth-order valence-corrected chi connectivity index (χ4v) is 3.49. The zero-order valence-electron chi connectivity index (χ0n) is 10.5. The first-order valence-electron chi connectivity index (χ1n) is 6.49. The first kappa shape index (κ1) is 11.7. The van der Waals surface area contributed by atoms with Crippen molar-refractivity contribution in [3.05, 3.63) is 41.2 Å². The summed E-state index contributed by atoms with van der Waals surface area (Å²) in [6, 6.07) is 4.64. The van der Waals surface area contributed by atoms with Crippen molar-refractivity contribution in [2.75, 3.05) is 11.4 Å². The van der Waals surface area contributed by atoms with E-state index in [1.165, 1.54) is 29.2 Å². The molecular weight excluding hydrogens is 242 g/mol. The molecule has 0 bridgehead atoms. The molecule has 2 aromatic rings. The Morgan fingerprint density at radius 3 is 3.17 bits per heavy atom. The van der Waals surface area contributed by atoms with Crippen LogP contribution in [-0.2, 0) is 6.42 Å². The molecule has 2 aromatic heterocycles. The van der Waals surface area contributed by atoms with Gasteiger partial charge in [0.1, 0.15) is 0 Å². The topological polar surface area (TPSA) is 29.0 Å². The third-order valence-electron chi connectivity index (χ3n) is 3.47. The average Bonchev–Trinajstić information content (AvgIpc) is 3.08. The minimum Gasteiger partial charge on any atom is -0.341 e. The number of aromatic nitrogens is 2. The second-order valence-corrected chi connectivity index (χ2v) is 5.45. The van der Waals surface area contributed by atoms with Gasteiger partial charge in [0.2, 0.25) is 0 Å². The van der Waals surface area contributed by atoms with Gasteiger partial charge in [-0.1, -0.05) is 13.0 Å². The minimum absolute atomic E-state index is 0.453. The molecule has 4 heteroatoms. The molecule has 1 atom stereocenters. The first-order valence-corrected chi connectivity index (χ1v) is 7.37. The van der Waals surface area contributed by atoms with Gasteiger partial charge in [-0.2, -0.15) is 0 Å². The van der Waals surface area contributed by atoms with Gasteiger partial charge >= 0.3 is 0 Å². The number of nitrogens with zero attached hydrogens (tertiary/aromatic N) is 3. The molecule has 0 aliphatic carbocycles. The predicted octanol–water partition coefficient (Wildman–Crippen LogP) is 3.44. The van der Waals surface area contributed by atoms with Crippen LogP contribution in [0.2, 0.25) is 0 Å². The molecule has 0 radical (unpaired) electrons. The summed E-state index contributed by atoms with van der Waals surface area (Å²) < 4.78 is 0. The molecule has 3 nitrogen and oxygen atoms in total. The van der Waals surface area contributed by atoms with Crippen molar-refractivity contribution in [1.29, 1.82) is 0 Å². The maximum Gasteiger partial charge on any atom is 0.186 e. The van der Waals surface area contributed by atoms with Crippen LogP contribution in [0, 0.1) is 0 Å². The zero-order valence-corrected chi connectivity index (χ0v) is 11.4. The van der Waals surface area contributed by atoms with Crippen molar-refractivity contribution in [2.45, 2.75) is 32.2 Å². The third-order valence-corrected chi connectivity index (χ3v) is 4.40. The summed E-state index contributed by atoms with van der Waals surface area (Å²) >= 11 is 1.76. The molecule has 1 saturated heterocycles. The van der Waals surface area contributed by atoms with Gasteiger partial charge in [-0.3, -0.25) is 4.98 Å². The first-order chi connectivity index (χ1) is 8.88. The molecule has 0 aromatic carbocycles. The molecule has 3 rings (SSSR count). The van der Waals surface area contributed by atoms with E-state index in [9.17, 15) is 0 Å². The molecule has 18 heavy (non-hydrogen) atoms. The Bertz CT molecular complexity index is 509. The number of hydrogen-bond donors (Lipinski definition) is 0. The maximum absolute atomic E-state index is 4.71. The van der Waals surface area contributed by atoms with E-state index in [1.54, 1.807) is 11.3 Å². The minimum atomic E-state index is 0.453. The van der Waals surface area contributed by atoms with E-state index in [4.69, 9.17) is 4.98 Å². The molecule has 1 aliphatic heterocycles. The third kappa shape index (κ3) is 2.12. The summed E-state index contributed by atoms with van der Waals surface area (Å²) in [7, 11) is 0. The lowest BCUT2D eigenvalue weighted by Gasteiger charge is -2.24. The molecule has 0 spiro atoms. The summed E-state index contributed by atoms with van der Waals surface area (Å²) in [5.74, 6) is 0. The highest BCUT2D eigenvalue weighted by molar-refractivity contribution is 7.13. The highest BCUT2D eigenvalue weighted by Crippen LogP contribution is 2.37. The number of pyridine rings is 1. The summed E-state index contributed by atoms with van der Waals surface area (Å²) in [5, 5.41) is 3.34. The number of hydrogen-bond acceptors (Lipinski definition) is 4. The van der Waals surface area contributed by atoms with E-state index in [0.29, 0.717) is 6.04 Å². The molecule has 0 saturated carbocycles. The van der Waals surface area contributed by atoms with Crippen LogP contribution in [0.5, 0.6) is 0 Å². The van der Waals surface area contributed by atoms with Crippen molar-refractivity contribution in [3.63, 3.8) is 0 Å². The Hall–Kier alpha value is -1.42. The standard InChI is InChI=1S/C14H17N3S/c1-2-12-10-18-14(16-12)17-8-4-6-13(17)11-5-3-7-15-9-11/h3,5,7,9-10,13H,2,4,6,8H2,1H3. The fourth-order valence-electron chi connectivity index (χ4n) is 2.51. The molecule has 94 valence electrons. The number of rotatable bonds is 3. The Morgan fingerprint density at radius 2 is 2.44 bits per heavy atom. The summed E-state index contributed by atoms with van der Waals surface area (Å²) in [5.41, 5.74) is 2.51. The van der Waals surface area contributed by atoms with Crippen LogP contribution in [0.15, 0.2) is 29.9 Å². The van der Waals surface area contributed by atoms with Crippen LogP contribution >= 0.6 is 11.3 Å². The lowest BCUT2D eigenvalue weighted by atomic mass is 10.1. The number of thiazole rings is 1. The Kier molecular flexibility index (Phi) is 3.28. The van der Waals surface area contributed by atoms with Crippen LogP contribution in [0.4, 0.5) is 5.13 Å². The molecule has 0 N–H and O–H groups in total. The smallest absolute Gasteiger partial charge is 0.186 e. The van der Waals surface area contributed by atoms with Crippen LogP contribution in [0.3, 0.4) is 0 Å². The molecule has 1 aliphatic rings. The maximum atomic E-state index is 4.71. The zero-order chi connectivity index (χ0) is 12.4. The number of anilines is 1. The van der Waals surface area contributed by atoms with Crippen LogP contribution in [0.1, 0.15) is 37.1 Å². The highest BCUT2D eigenvalue weighted by Gasteiger charge is 2.28. The van der Waals surface area contributed by atoms with Crippen LogP contribution in [0.25, 0.3) is 0 Å². The largest absolute Gasteiger partial charge is 0.341 e. The molecule has 3 heterocycles. The van der Waals surface area contributed by atoms with Crippen molar-refractivity contribution in [1.82, 2.24) is 9.97 Å². The van der Waals surface area contributed by atoms with E-state index < -0.39 is 0 Å². The van der Waals surface area contributed by atoms with Gasteiger partial charge in [-0.15, -0.1) is 11.3 Å². The fraction of sp³-hybridized carbons (Fsp3) is 0.429. The highest BCUT2D eigenvalue weighted by atomic mass is 32.1. The van der Waals surface area contributed by atoms with Gasteiger partial charge in [-0.05, 0) is 30.9 Å². The quantitative estimate of drug-likeness (QED) is 0.845. The van der Waals surface area contributed by atoms with Gasteiger partial charge in [-0.25, -0.2) is 4.98 Å². The van der Waals surface area contributed by atoms with Crippen molar-refractivity contribution in [2.24, 2.45) is 0 Å². The summed E-state index contributed by atoms with van der Waals surface area (Å²) in [6.45, 7) is 3.26. The number of aryl methyl sites for hydroxylation is 1. The molecule has 0 amide bonds. The SMILES string of the molecule is CCc1csc(N2CCCC2c2cccnc2)n1. The second-order valence-electron chi connectivity index (χ2n) is 4.61. The van der Waals surface area contributed by atoms with Crippen LogP contribution < -0.4 is 4.90 Å². The van der Waals surface area contributed by atoms with Gasteiger partial charge in [0.05, 0.1) is 11.7 Å². The van der Waals surface area contributed by atoms with E-state index in [0.717, 1.165) is 13.0 Å². The Labute approximate surface area is 112 Å². The van der Waals surface area contributed by atoms with Crippen molar-refractivity contribution >= 4 is 16.5 Å². The normalized spacial score (nSPS) is 19.4. The molecular formula is C14H17N3S. The van der Waals surface area contributed by atoms with Crippen LogP contribution in [-0.4, -0.2) is 16.5 Å². The monoisotopic (exact) mass is 259 g/mol. The Balaban J connectivity index is 1.87. The summed E-state index contributed by atoms with van der Waals surface area (Å²) in [6.07, 6.45) is 7.27. The lowest BCUT2D eigenvalue weighted by molar-refractivity contribution is 0.712. The summed E-state index contributed by atoms with van der Waals surface area (Å²) in [4.78, 5) is 11.4. The van der Waals surface area contributed by atoms with Crippen molar-refractivity contribution in [3.8, 4) is 0 Å². The van der Waals surface area contributed by atoms with Gasteiger partial charge in [0.25, 0.3) is 0 Å². The second kappa shape index (κ2) is 5.06. The van der Waals surface area contributed by atoms with Crippen molar-refractivity contribution < 1.29 is 0 Å². The average molecular weight is 259 g/mol. The lowest BCUT2D eigenvalue weighted by Crippen LogP contribution is -2.22. The van der Waals surface area contributed by atoms with Gasteiger partial charge in [0.15, 0.2) is 5.13 Å². The Morgan fingerprint density at radius 1 is 1.50 bits per heavy atom. The van der Waals surface area contributed by atoms with Gasteiger partial charge < -0.3 is 4.90 Å². The molecule has 1 unspecified atom stereocenters. The van der Waals surface area contributed by atoms with Gasteiger partial charge in [0, 0.05) is 24.3 Å².